The first kappa shape index (κ1) is 19.2. The van der Waals surface area contributed by atoms with Crippen molar-refractivity contribution in [1.29, 1.82) is 0 Å². The van der Waals surface area contributed by atoms with Gasteiger partial charge in [0.15, 0.2) is 0 Å². The van der Waals surface area contributed by atoms with Crippen LogP contribution >= 0.6 is 0 Å². The summed E-state index contributed by atoms with van der Waals surface area (Å²) < 4.78 is 1.99. The Morgan fingerprint density at radius 3 is 2.67 bits per heavy atom. The van der Waals surface area contributed by atoms with Crippen molar-refractivity contribution in [2.75, 3.05) is 5.32 Å². The van der Waals surface area contributed by atoms with Crippen LogP contribution in [0.5, 0.6) is 0 Å². The highest BCUT2D eigenvalue weighted by Crippen LogP contribution is 2.32. The molecular weight excluding hydrogens is 334 g/mol. The van der Waals surface area contributed by atoms with E-state index in [-0.39, 0.29) is 11.8 Å². The lowest BCUT2D eigenvalue weighted by Gasteiger charge is -2.15. The van der Waals surface area contributed by atoms with Gasteiger partial charge in [0.2, 0.25) is 5.91 Å². The zero-order valence-electron chi connectivity index (χ0n) is 16.7. The van der Waals surface area contributed by atoms with Gasteiger partial charge in [-0.3, -0.25) is 9.20 Å². The van der Waals surface area contributed by atoms with Crippen molar-refractivity contribution in [3.63, 3.8) is 0 Å². The van der Waals surface area contributed by atoms with Gasteiger partial charge in [0.05, 0.1) is 0 Å². The van der Waals surface area contributed by atoms with Crippen LogP contribution < -0.4 is 5.32 Å². The number of carbonyl (C=O) groups excluding carboxylic acids is 1. The lowest BCUT2D eigenvalue weighted by atomic mass is 9.98. The molecule has 142 valence electrons. The Morgan fingerprint density at radius 1 is 1.19 bits per heavy atom. The number of aryl methyl sites for hydroxylation is 2. The molecule has 1 N–H and O–H groups in total. The van der Waals surface area contributed by atoms with E-state index in [4.69, 9.17) is 4.98 Å². The summed E-state index contributed by atoms with van der Waals surface area (Å²) >= 11 is 0. The second-order valence-corrected chi connectivity index (χ2v) is 7.29. The standard InChI is InChI=1S/C23H29N3O/c1-5-7-11-18(6-2)23(27)25-22-21(19-12-9-8-10-17(19)4)24-20-15-16(3)13-14-26(20)22/h8-10,12-15,18H,5-7,11H2,1-4H3,(H,25,27). The number of nitrogens with one attached hydrogen (secondary N) is 1. The Kier molecular flexibility index (Phi) is 5.94. The van der Waals surface area contributed by atoms with Crippen LogP contribution in [0.3, 0.4) is 0 Å². The number of benzene rings is 1. The topological polar surface area (TPSA) is 46.4 Å². The molecule has 2 aromatic heterocycles. The lowest BCUT2D eigenvalue weighted by molar-refractivity contribution is -0.120. The van der Waals surface area contributed by atoms with Crippen LogP contribution in [0.25, 0.3) is 16.9 Å². The SMILES string of the molecule is CCCCC(CC)C(=O)Nc1c(-c2ccccc2C)nc2cc(C)ccn12. The van der Waals surface area contributed by atoms with Crippen LogP contribution in [0, 0.1) is 19.8 Å². The molecule has 0 aliphatic rings. The maximum Gasteiger partial charge on any atom is 0.228 e. The van der Waals surface area contributed by atoms with Gasteiger partial charge >= 0.3 is 0 Å². The van der Waals surface area contributed by atoms with E-state index in [0.717, 1.165) is 59.5 Å². The summed E-state index contributed by atoms with van der Waals surface area (Å²) in [7, 11) is 0. The molecule has 1 atom stereocenters. The molecule has 0 spiro atoms. The molecule has 3 aromatic rings. The van der Waals surface area contributed by atoms with Gasteiger partial charge in [-0.05, 0) is 49.9 Å². The Balaban J connectivity index is 2.06. The molecule has 2 heterocycles. The van der Waals surface area contributed by atoms with Crippen LogP contribution in [0.15, 0.2) is 42.6 Å². The number of pyridine rings is 1. The molecule has 0 bridgehead atoms. The highest BCUT2D eigenvalue weighted by molar-refractivity contribution is 5.96. The van der Waals surface area contributed by atoms with Gasteiger partial charge < -0.3 is 5.32 Å². The van der Waals surface area contributed by atoms with Gasteiger partial charge in [-0.2, -0.15) is 0 Å². The molecule has 4 nitrogen and oxygen atoms in total. The molecule has 0 radical (unpaired) electrons. The number of imidazole rings is 1. The maximum atomic E-state index is 13.0. The molecule has 0 saturated carbocycles. The molecule has 3 rings (SSSR count). The number of hydrogen-bond acceptors (Lipinski definition) is 2. The van der Waals surface area contributed by atoms with Crippen molar-refractivity contribution in [3.8, 4) is 11.3 Å². The van der Waals surface area contributed by atoms with Gasteiger partial charge in [0, 0.05) is 17.7 Å². The van der Waals surface area contributed by atoms with Crippen LogP contribution in [0.4, 0.5) is 5.82 Å². The second kappa shape index (κ2) is 8.38. The smallest absolute Gasteiger partial charge is 0.228 e. The van der Waals surface area contributed by atoms with E-state index in [2.05, 4.69) is 45.1 Å². The fourth-order valence-corrected chi connectivity index (χ4v) is 3.48. The molecule has 1 amide bonds. The predicted molar refractivity (Wildman–Crippen MR) is 112 cm³/mol. The van der Waals surface area contributed by atoms with Crippen molar-refractivity contribution in [1.82, 2.24) is 9.38 Å². The summed E-state index contributed by atoms with van der Waals surface area (Å²) in [5, 5.41) is 3.20. The highest BCUT2D eigenvalue weighted by Gasteiger charge is 2.21. The van der Waals surface area contributed by atoms with E-state index in [1.54, 1.807) is 0 Å². The molecule has 0 aliphatic heterocycles. The van der Waals surface area contributed by atoms with Crippen LogP contribution in [0.2, 0.25) is 0 Å². The van der Waals surface area contributed by atoms with Crippen molar-refractivity contribution in [2.24, 2.45) is 5.92 Å². The van der Waals surface area contributed by atoms with E-state index in [1.807, 2.05) is 34.9 Å². The summed E-state index contributed by atoms with van der Waals surface area (Å²) in [6.07, 6.45) is 5.94. The van der Waals surface area contributed by atoms with E-state index >= 15 is 0 Å². The normalized spacial score (nSPS) is 12.3. The minimum Gasteiger partial charge on any atom is -0.310 e. The number of amides is 1. The van der Waals surface area contributed by atoms with E-state index in [0.29, 0.717) is 0 Å². The average molecular weight is 364 g/mol. The molecule has 0 fully saturated rings. The van der Waals surface area contributed by atoms with Crippen LogP contribution in [-0.2, 0) is 4.79 Å². The lowest BCUT2D eigenvalue weighted by Crippen LogP contribution is -2.23. The van der Waals surface area contributed by atoms with Crippen molar-refractivity contribution >= 4 is 17.4 Å². The van der Waals surface area contributed by atoms with Gasteiger partial charge in [-0.1, -0.05) is 51.0 Å². The molecule has 1 aromatic carbocycles. The van der Waals surface area contributed by atoms with E-state index < -0.39 is 0 Å². The molecule has 27 heavy (non-hydrogen) atoms. The minimum atomic E-state index is 0.0330. The monoisotopic (exact) mass is 363 g/mol. The Bertz CT molecular complexity index is 942. The molecule has 0 aliphatic carbocycles. The Hall–Kier alpha value is -2.62. The number of hydrogen-bond donors (Lipinski definition) is 1. The highest BCUT2D eigenvalue weighted by atomic mass is 16.2. The first-order chi connectivity index (χ1) is 13.0. The summed E-state index contributed by atoms with van der Waals surface area (Å²) in [5.74, 6) is 0.882. The summed E-state index contributed by atoms with van der Waals surface area (Å²) in [4.78, 5) is 17.8. The second-order valence-electron chi connectivity index (χ2n) is 7.29. The van der Waals surface area contributed by atoms with Gasteiger partial charge in [-0.25, -0.2) is 4.98 Å². The average Bonchev–Trinajstić information content (AvgIpc) is 3.00. The largest absolute Gasteiger partial charge is 0.310 e. The third-order valence-corrected chi connectivity index (χ3v) is 5.19. The van der Waals surface area contributed by atoms with Gasteiger partial charge in [0.25, 0.3) is 0 Å². The quantitative estimate of drug-likeness (QED) is 0.579. The molecule has 0 saturated heterocycles. The number of rotatable bonds is 7. The number of unbranched alkanes of at least 4 members (excludes halogenated alkanes) is 1. The number of fused-ring (bicyclic) bond motifs is 1. The van der Waals surface area contributed by atoms with Gasteiger partial charge in [0.1, 0.15) is 17.2 Å². The fraction of sp³-hybridized carbons (Fsp3) is 0.391. The van der Waals surface area contributed by atoms with Crippen LogP contribution in [0.1, 0.15) is 50.7 Å². The van der Waals surface area contributed by atoms with Crippen molar-refractivity contribution in [2.45, 2.75) is 53.4 Å². The van der Waals surface area contributed by atoms with Crippen molar-refractivity contribution < 1.29 is 4.79 Å². The summed E-state index contributed by atoms with van der Waals surface area (Å²) in [6, 6.07) is 12.3. The predicted octanol–water partition coefficient (Wildman–Crippen LogP) is 5.77. The number of carbonyl (C=O) groups is 1. The third-order valence-electron chi connectivity index (χ3n) is 5.19. The van der Waals surface area contributed by atoms with E-state index in [1.165, 1.54) is 0 Å². The fourth-order valence-electron chi connectivity index (χ4n) is 3.48. The number of anilines is 1. The zero-order valence-corrected chi connectivity index (χ0v) is 16.7. The Morgan fingerprint density at radius 2 is 1.96 bits per heavy atom. The molecule has 4 heteroatoms. The van der Waals surface area contributed by atoms with Gasteiger partial charge in [-0.15, -0.1) is 0 Å². The summed E-state index contributed by atoms with van der Waals surface area (Å²) in [6.45, 7) is 8.37. The summed E-state index contributed by atoms with van der Waals surface area (Å²) in [5.41, 5.74) is 5.03. The zero-order chi connectivity index (χ0) is 19.4. The first-order valence-corrected chi connectivity index (χ1v) is 9.90. The van der Waals surface area contributed by atoms with Crippen molar-refractivity contribution in [3.05, 3.63) is 53.7 Å². The number of nitrogens with zero attached hydrogens (tertiary/aromatic N) is 2. The Labute approximate surface area is 161 Å². The van der Waals surface area contributed by atoms with Crippen LogP contribution in [-0.4, -0.2) is 15.3 Å². The minimum absolute atomic E-state index is 0.0330. The molecule has 1 unspecified atom stereocenters. The van der Waals surface area contributed by atoms with E-state index in [9.17, 15) is 4.79 Å². The molecular formula is C23H29N3O. The third kappa shape index (κ3) is 4.05. The first-order valence-electron chi connectivity index (χ1n) is 9.90. The maximum absolute atomic E-state index is 13.0. The number of aromatic nitrogens is 2.